The summed E-state index contributed by atoms with van der Waals surface area (Å²) < 4.78 is 13.4. The number of aromatic nitrogens is 1. The molecule has 0 saturated heterocycles. The van der Waals surface area contributed by atoms with Gasteiger partial charge in [0.1, 0.15) is 5.82 Å². The zero-order valence-corrected chi connectivity index (χ0v) is 15.8. The Morgan fingerprint density at radius 1 is 1.00 bits per heavy atom. The summed E-state index contributed by atoms with van der Waals surface area (Å²) in [5.74, 6) is -0.826. The average molecular weight is 391 g/mol. The van der Waals surface area contributed by atoms with Crippen LogP contribution in [0.1, 0.15) is 15.9 Å². The maximum atomic E-state index is 13.4. The van der Waals surface area contributed by atoms with Gasteiger partial charge in [0.15, 0.2) is 0 Å². The van der Waals surface area contributed by atoms with Crippen molar-refractivity contribution in [2.24, 2.45) is 0 Å². The first kappa shape index (κ1) is 18.1. The third kappa shape index (κ3) is 3.35. The van der Waals surface area contributed by atoms with Gasteiger partial charge in [-0.1, -0.05) is 60.1 Å². The predicted molar refractivity (Wildman–Crippen MR) is 111 cm³/mol. The number of nitrogens with zero attached hydrogens (tertiary/aromatic N) is 1. The van der Waals surface area contributed by atoms with Crippen molar-refractivity contribution in [1.82, 2.24) is 4.98 Å². The highest BCUT2D eigenvalue weighted by atomic mass is 35.5. The predicted octanol–water partition coefficient (Wildman–Crippen LogP) is 6.26. The second-order valence-electron chi connectivity index (χ2n) is 6.43. The zero-order chi connectivity index (χ0) is 19.7. The zero-order valence-electron chi connectivity index (χ0n) is 15.0. The SMILES string of the molecule is Cc1c(-c2ccccc2)nc2ccccc2c1C(=O)Nc1ccc(F)c(Cl)c1. The van der Waals surface area contributed by atoms with Crippen LogP contribution in [0.2, 0.25) is 5.02 Å². The first-order chi connectivity index (χ1) is 13.5. The molecule has 0 atom stereocenters. The van der Waals surface area contributed by atoms with Gasteiger partial charge in [-0.05, 0) is 36.8 Å². The van der Waals surface area contributed by atoms with E-state index in [4.69, 9.17) is 16.6 Å². The molecule has 0 aliphatic carbocycles. The van der Waals surface area contributed by atoms with Crippen LogP contribution < -0.4 is 5.32 Å². The van der Waals surface area contributed by atoms with Crippen molar-refractivity contribution in [2.75, 3.05) is 5.32 Å². The number of carbonyl (C=O) groups is 1. The minimum atomic E-state index is -0.531. The number of benzene rings is 3. The number of amides is 1. The van der Waals surface area contributed by atoms with Crippen LogP contribution >= 0.6 is 11.6 Å². The molecule has 0 aliphatic heterocycles. The molecular formula is C23H16ClFN2O. The molecule has 0 bridgehead atoms. The second-order valence-corrected chi connectivity index (χ2v) is 6.83. The van der Waals surface area contributed by atoms with Crippen molar-refractivity contribution >= 4 is 34.1 Å². The van der Waals surface area contributed by atoms with Crippen molar-refractivity contribution in [3.8, 4) is 11.3 Å². The quantitative estimate of drug-likeness (QED) is 0.449. The lowest BCUT2D eigenvalue weighted by Gasteiger charge is -2.15. The van der Waals surface area contributed by atoms with Crippen molar-refractivity contribution in [3.05, 3.63) is 94.8 Å². The molecule has 0 saturated carbocycles. The summed E-state index contributed by atoms with van der Waals surface area (Å²) in [4.78, 5) is 17.9. The van der Waals surface area contributed by atoms with E-state index in [0.29, 0.717) is 11.3 Å². The van der Waals surface area contributed by atoms with Crippen LogP contribution in [0.15, 0.2) is 72.8 Å². The molecule has 28 heavy (non-hydrogen) atoms. The summed E-state index contributed by atoms with van der Waals surface area (Å²) >= 11 is 5.84. The van der Waals surface area contributed by atoms with E-state index in [0.717, 1.165) is 27.7 Å². The molecule has 3 nitrogen and oxygen atoms in total. The van der Waals surface area contributed by atoms with E-state index >= 15 is 0 Å². The van der Waals surface area contributed by atoms with Gasteiger partial charge in [0, 0.05) is 16.6 Å². The maximum Gasteiger partial charge on any atom is 0.256 e. The van der Waals surface area contributed by atoms with Gasteiger partial charge in [-0.15, -0.1) is 0 Å². The Kier molecular flexibility index (Phi) is 4.80. The van der Waals surface area contributed by atoms with Crippen LogP contribution in [0.25, 0.3) is 22.2 Å². The van der Waals surface area contributed by atoms with E-state index in [2.05, 4.69) is 5.32 Å². The number of fused-ring (bicyclic) bond motifs is 1. The fraction of sp³-hybridized carbons (Fsp3) is 0.0435. The lowest BCUT2D eigenvalue weighted by atomic mass is 9.97. The van der Waals surface area contributed by atoms with Crippen molar-refractivity contribution < 1.29 is 9.18 Å². The normalized spacial score (nSPS) is 10.8. The number of rotatable bonds is 3. The standard InChI is InChI=1S/C23H16ClFN2O/c1-14-21(23(28)26-16-11-12-19(25)18(24)13-16)17-9-5-6-10-20(17)27-22(14)15-7-3-2-4-8-15/h2-13H,1H3,(H,26,28). The smallest absolute Gasteiger partial charge is 0.256 e. The van der Waals surface area contributed by atoms with Crippen LogP contribution in [-0.2, 0) is 0 Å². The summed E-state index contributed by atoms with van der Waals surface area (Å²) in [5, 5.41) is 3.53. The second kappa shape index (κ2) is 7.41. The molecule has 0 spiro atoms. The average Bonchev–Trinajstić information content (AvgIpc) is 2.71. The van der Waals surface area contributed by atoms with Crippen LogP contribution in [0.5, 0.6) is 0 Å². The minimum absolute atomic E-state index is 0.0425. The topological polar surface area (TPSA) is 42.0 Å². The van der Waals surface area contributed by atoms with Gasteiger partial charge in [0.05, 0.1) is 21.8 Å². The van der Waals surface area contributed by atoms with Crippen molar-refractivity contribution in [3.63, 3.8) is 0 Å². The van der Waals surface area contributed by atoms with Gasteiger partial charge in [-0.25, -0.2) is 9.37 Å². The van der Waals surface area contributed by atoms with Gasteiger partial charge in [0.2, 0.25) is 0 Å². The Labute approximate surface area is 166 Å². The lowest BCUT2D eigenvalue weighted by molar-refractivity contribution is 0.102. The number of carbonyl (C=O) groups excluding carboxylic acids is 1. The van der Waals surface area contributed by atoms with Crippen LogP contribution in [0.3, 0.4) is 0 Å². The highest BCUT2D eigenvalue weighted by Gasteiger charge is 2.19. The first-order valence-electron chi connectivity index (χ1n) is 8.76. The van der Waals surface area contributed by atoms with E-state index in [9.17, 15) is 9.18 Å². The monoisotopic (exact) mass is 390 g/mol. The molecule has 3 aromatic carbocycles. The highest BCUT2D eigenvalue weighted by Crippen LogP contribution is 2.30. The molecule has 5 heteroatoms. The van der Waals surface area contributed by atoms with Crippen LogP contribution in [0, 0.1) is 12.7 Å². The Balaban J connectivity index is 1.86. The molecule has 1 heterocycles. The Morgan fingerprint density at radius 2 is 1.71 bits per heavy atom. The molecule has 1 N–H and O–H groups in total. The third-order valence-corrected chi connectivity index (χ3v) is 4.88. The third-order valence-electron chi connectivity index (χ3n) is 4.59. The molecule has 4 rings (SSSR count). The van der Waals surface area contributed by atoms with Crippen molar-refractivity contribution in [2.45, 2.75) is 6.92 Å². The van der Waals surface area contributed by atoms with E-state index in [1.165, 1.54) is 18.2 Å². The molecule has 0 fully saturated rings. The van der Waals surface area contributed by atoms with Gasteiger partial charge >= 0.3 is 0 Å². The molecule has 1 aromatic heterocycles. The van der Waals surface area contributed by atoms with E-state index in [1.54, 1.807) is 0 Å². The first-order valence-corrected chi connectivity index (χ1v) is 9.13. The van der Waals surface area contributed by atoms with Gasteiger partial charge in [0.25, 0.3) is 5.91 Å². The highest BCUT2D eigenvalue weighted by molar-refractivity contribution is 6.31. The Hall–Kier alpha value is -3.24. The number of halogens is 2. The molecule has 1 amide bonds. The largest absolute Gasteiger partial charge is 0.322 e. The van der Waals surface area contributed by atoms with E-state index in [1.807, 2.05) is 61.5 Å². The number of nitrogens with one attached hydrogen (secondary N) is 1. The molecule has 0 aliphatic rings. The molecule has 0 radical (unpaired) electrons. The maximum absolute atomic E-state index is 13.4. The number of anilines is 1. The molecule has 138 valence electrons. The number of para-hydroxylation sites is 1. The Bertz CT molecular complexity index is 1190. The Morgan fingerprint density at radius 3 is 2.46 bits per heavy atom. The van der Waals surface area contributed by atoms with Crippen LogP contribution in [0.4, 0.5) is 10.1 Å². The van der Waals surface area contributed by atoms with Gasteiger partial charge in [-0.2, -0.15) is 0 Å². The molecular weight excluding hydrogens is 375 g/mol. The van der Waals surface area contributed by atoms with E-state index in [-0.39, 0.29) is 10.9 Å². The van der Waals surface area contributed by atoms with Gasteiger partial charge in [-0.3, -0.25) is 4.79 Å². The van der Waals surface area contributed by atoms with Crippen molar-refractivity contribution in [1.29, 1.82) is 0 Å². The van der Waals surface area contributed by atoms with Crippen LogP contribution in [-0.4, -0.2) is 10.9 Å². The fourth-order valence-corrected chi connectivity index (χ4v) is 3.42. The number of pyridine rings is 1. The number of hydrogen-bond acceptors (Lipinski definition) is 2. The lowest BCUT2D eigenvalue weighted by Crippen LogP contribution is -2.15. The molecule has 0 unspecified atom stereocenters. The summed E-state index contributed by atoms with van der Waals surface area (Å²) in [5.41, 5.74) is 4.15. The molecule has 4 aromatic rings. The van der Waals surface area contributed by atoms with Gasteiger partial charge < -0.3 is 5.32 Å². The summed E-state index contributed by atoms with van der Waals surface area (Å²) in [6.07, 6.45) is 0. The minimum Gasteiger partial charge on any atom is -0.322 e. The fourth-order valence-electron chi connectivity index (χ4n) is 3.24. The summed E-state index contributed by atoms with van der Waals surface area (Å²) in [6, 6.07) is 21.4. The summed E-state index contributed by atoms with van der Waals surface area (Å²) in [6.45, 7) is 1.88. The van der Waals surface area contributed by atoms with E-state index < -0.39 is 5.82 Å². The summed E-state index contributed by atoms with van der Waals surface area (Å²) in [7, 11) is 0. The number of hydrogen-bond donors (Lipinski definition) is 1.